The molecular weight excluding hydrogens is 582 g/mol. The van der Waals surface area contributed by atoms with E-state index in [1.165, 1.54) is 11.3 Å². The van der Waals surface area contributed by atoms with Crippen molar-refractivity contribution < 1.29 is 32.3 Å². The van der Waals surface area contributed by atoms with Crippen molar-refractivity contribution in [2.24, 2.45) is 0 Å². The van der Waals surface area contributed by atoms with Crippen LogP contribution < -0.4 is 5.32 Å². The van der Waals surface area contributed by atoms with Crippen LogP contribution in [0.25, 0.3) is 21.3 Å². The van der Waals surface area contributed by atoms with Gasteiger partial charge in [-0.25, -0.2) is 13.4 Å². The fraction of sp³-hybridized carbons (Fsp3) is 0.393. The Morgan fingerprint density at radius 2 is 1.81 bits per heavy atom. The predicted molar refractivity (Wildman–Crippen MR) is 156 cm³/mol. The average molecular weight is 614 g/mol. The van der Waals surface area contributed by atoms with Crippen LogP contribution in [0, 0.1) is 0 Å². The Bertz CT molecular complexity index is 1680. The third-order valence-corrected chi connectivity index (χ3v) is 9.24. The van der Waals surface area contributed by atoms with Crippen LogP contribution in [-0.4, -0.2) is 90.6 Å². The number of aromatic nitrogens is 3. The molecule has 1 fully saturated rings. The van der Waals surface area contributed by atoms with E-state index < -0.39 is 21.2 Å². The highest BCUT2D eigenvalue weighted by Crippen LogP contribution is 2.36. The Morgan fingerprint density at radius 3 is 2.50 bits per heavy atom. The molecule has 1 aliphatic heterocycles. The maximum atomic E-state index is 12.8. The van der Waals surface area contributed by atoms with Crippen LogP contribution in [0.5, 0.6) is 0 Å². The molecule has 222 valence electrons. The van der Waals surface area contributed by atoms with E-state index in [4.69, 9.17) is 9.15 Å². The van der Waals surface area contributed by atoms with Crippen LogP contribution in [0.2, 0.25) is 0 Å². The molecule has 0 aliphatic carbocycles. The zero-order valence-electron chi connectivity index (χ0n) is 23.1. The highest BCUT2D eigenvalue weighted by atomic mass is 32.2. The van der Waals surface area contributed by atoms with Crippen LogP contribution in [0.1, 0.15) is 45.7 Å². The summed E-state index contributed by atoms with van der Waals surface area (Å²) in [5, 5.41) is 18.7. The molecule has 42 heavy (non-hydrogen) atoms. The zero-order valence-corrected chi connectivity index (χ0v) is 24.8. The number of hydrogen-bond donors (Lipinski definition) is 2. The molecule has 2 N–H and O–H groups in total. The van der Waals surface area contributed by atoms with Gasteiger partial charge in [-0.1, -0.05) is 18.2 Å². The van der Waals surface area contributed by atoms with Gasteiger partial charge in [0.1, 0.15) is 11.4 Å². The lowest BCUT2D eigenvalue weighted by Gasteiger charge is -2.26. The van der Waals surface area contributed by atoms with Crippen LogP contribution in [-0.2, 0) is 25.8 Å². The molecule has 2 aromatic carbocycles. The maximum Gasteiger partial charge on any atom is 0.254 e. The summed E-state index contributed by atoms with van der Waals surface area (Å²) in [6.45, 7) is 4.13. The molecule has 0 bridgehead atoms. The second-order valence-corrected chi connectivity index (χ2v) is 13.3. The van der Waals surface area contributed by atoms with Crippen molar-refractivity contribution in [2.75, 3.05) is 39.1 Å². The summed E-state index contributed by atoms with van der Waals surface area (Å²) in [7, 11) is -3.76. The molecule has 0 spiro atoms. The standard InChI is InChI=1S/C28H31N5O7S2/c1-17(34)9-10-29-23(35)16-24-31-32-26(40-24)25(42(2,37)38)27-30-21-8-7-20(15-22(21)41-27)18-3-5-19(6-4-18)28(36)33-11-13-39-14-12-33/h3-8,15,17,25,34H,9-14,16H2,1-2H3,(H,29,35). The van der Waals surface area contributed by atoms with Crippen LogP contribution in [0.4, 0.5) is 0 Å². The highest BCUT2D eigenvalue weighted by Gasteiger charge is 2.34. The molecule has 0 saturated carbocycles. The molecule has 1 aliphatic rings. The van der Waals surface area contributed by atoms with Gasteiger partial charge in [-0.3, -0.25) is 9.59 Å². The van der Waals surface area contributed by atoms with E-state index in [0.29, 0.717) is 43.8 Å². The summed E-state index contributed by atoms with van der Waals surface area (Å²) in [6.07, 6.45) is 0.707. The monoisotopic (exact) mass is 613 g/mol. The summed E-state index contributed by atoms with van der Waals surface area (Å²) in [5.74, 6) is -0.593. The van der Waals surface area contributed by atoms with Gasteiger partial charge in [-0.05, 0) is 48.7 Å². The number of nitrogens with zero attached hydrogens (tertiary/aromatic N) is 4. The van der Waals surface area contributed by atoms with Crippen molar-refractivity contribution in [3.8, 4) is 11.1 Å². The molecular formula is C28H31N5O7S2. The van der Waals surface area contributed by atoms with E-state index >= 15 is 0 Å². The first kappa shape index (κ1) is 29.8. The second-order valence-electron chi connectivity index (χ2n) is 10.1. The number of morpholine rings is 1. The van der Waals surface area contributed by atoms with E-state index in [-0.39, 0.29) is 41.6 Å². The average Bonchev–Trinajstić information content (AvgIpc) is 3.58. The van der Waals surface area contributed by atoms with Gasteiger partial charge in [0, 0.05) is 31.5 Å². The Hall–Kier alpha value is -3.72. The zero-order chi connectivity index (χ0) is 29.9. The number of aliphatic hydroxyl groups excluding tert-OH is 1. The first-order valence-electron chi connectivity index (χ1n) is 13.4. The SMILES string of the molecule is CC(O)CCNC(=O)Cc1nnc(C(c2nc3ccc(-c4ccc(C(=O)N5CCOCC5)cc4)cc3s2)S(C)(=O)=O)o1. The van der Waals surface area contributed by atoms with E-state index in [9.17, 15) is 23.1 Å². The van der Waals surface area contributed by atoms with Crippen molar-refractivity contribution in [1.82, 2.24) is 25.4 Å². The van der Waals surface area contributed by atoms with Gasteiger partial charge in [0.25, 0.3) is 5.91 Å². The molecule has 14 heteroatoms. The second kappa shape index (κ2) is 12.7. The minimum Gasteiger partial charge on any atom is -0.423 e. The number of hydrogen-bond acceptors (Lipinski definition) is 11. The molecule has 2 aromatic heterocycles. The van der Waals surface area contributed by atoms with E-state index in [0.717, 1.165) is 22.1 Å². The van der Waals surface area contributed by atoms with E-state index in [2.05, 4.69) is 20.5 Å². The van der Waals surface area contributed by atoms with E-state index in [1.807, 2.05) is 30.3 Å². The number of rotatable bonds is 10. The molecule has 1 saturated heterocycles. The summed E-state index contributed by atoms with van der Waals surface area (Å²) in [4.78, 5) is 31.3. The highest BCUT2D eigenvalue weighted by molar-refractivity contribution is 7.91. The van der Waals surface area contributed by atoms with E-state index in [1.54, 1.807) is 24.0 Å². The predicted octanol–water partition coefficient (Wildman–Crippen LogP) is 2.38. The molecule has 0 radical (unpaired) electrons. The maximum absolute atomic E-state index is 12.8. The van der Waals surface area contributed by atoms with Gasteiger partial charge in [-0.2, -0.15) is 0 Å². The molecule has 2 amide bonds. The quantitative estimate of drug-likeness (QED) is 0.271. The molecule has 4 aromatic rings. The molecule has 2 unspecified atom stereocenters. The Morgan fingerprint density at radius 1 is 1.10 bits per heavy atom. The summed E-state index contributed by atoms with van der Waals surface area (Å²) >= 11 is 1.21. The molecule has 12 nitrogen and oxygen atoms in total. The van der Waals surface area contributed by atoms with Gasteiger partial charge in [0.15, 0.2) is 15.1 Å². The minimum absolute atomic E-state index is 0.0212. The fourth-order valence-corrected chi connectivity index (χ4v) is 7.06. The topological polar surface area (TPSA) is 165 Å². The van der Waals surface area contributed by atoms with Crippen LogP contribution in [0.3, 0.4) is 0 Å². The number of aliphatic hydroxyl groups is 1. The van der Waals surface area contributed by atoms with Crippen molar-refractivity contribution in [2.45, 2.75) is 31.1 Å². The Kier molecular flexibility index (Phi) is 8.96. The van der Waals surface area contributed by atoms with Crippen molar-refractivity contribution in [3.05, 3.63) is 64.8 Å². The number of carbonyl (C=O) groups is 2. The van der Waals surface area contributed by atoms with Crippen LogP contribution >= 0.6 is 11.3 Å². The number of sulfone groups is 1. The normalized spacial score (nSPS) is 15.5. The number of thiazole rings is 1. The molecule has 3 heterocycles. The number of benzene rings is 2. The van der Waals surface area contributed by atoms with Gasteiger partial charge >= 0.3 is 0 Å². The summed E-state index contributed by atoms with van der Waals surface area (Å²) < 4.78 is 37.4. The first-order chi connectivity index (χ1) is 20.1. The first-order valence-corrected chi connectivity index (χ1v) is 16.2. The fourth-order valence-electron chi connectivity index (χ4n) is 4.52. The Balaban J connectivity index is 1.34. The Labute approximate surface area is 246 Å². The lowest BCUT2D eigenvalue weighted by molar-refractivity contribution is -0.120. The number of ether oxygens (including phenoxy) is 1. The third-order valence-electron chi connectivity index (χ3n) is 6.72. The lowest BCUT2D eigenvalue weighted by Crippen LogP contribution is -2.40. The third kappa shape index (κ3) is 7.01. The molecule has 2 atom stereocenters. The van der Waals surface area contributed by atoms with Crippen molar-refractivity contribution in [1.29, 1.82) is 0 Å². The molecule has 5 rings (SSSR count). The number of amides is 2. The smallest absolute Gasteiger partial charge is 0.254 e. The largest absolute Gasteiger partial charge is 0.423 e. The lowest BCUT2D eigenvalue weighted by atomic mass is 10.0. The summed E-state index contributed by atoms with van der Waals surface area (Å²) in [5.41, 5.74) is 3.01. The van der Waals surface area contributed by atoms with Gasteiger partial charge in [0.05, 0.1) is 29.5 Å². The van der Waals surface area contributed by atoms with Crippen molar-refractivity contribution in [3.63, 3.8) is 0 Å². The van der Waals surface area contributed by atoms with Crippen LogP contribution in [0.15, 0.2) is 46.9 Å². The van der Waals surface area contributed by atoms with Gasteiger partial charge in [-0.15, -0.1) is 21.5 Å². The van der Waals surface area contributed by atoms with Gasteiger partial charge < -0.3 is 24.5 Å². The van der Waals surface area contributed by atoms with Gasteiger partial charge in [0.2, 0.25) is 17.7 Å². The summed E-state index contributed by atoms with van der Waals surface area (Å²) in [6, 6.07) is 13.0. The number of carbonyl (C=O) groups excluding carboxylic acids is 2. The minimum atomic E-state index is -3.76. The number of nitrogens with one attached hydrogen (secondary N) is 1. The number of fused-ring (bicyclic) bond motifs is 1. The van der Waals surface area contributed by atoms with Crippen molar-refractivity contribution >= 4 is 43.2 Å².